The SMILES string of the molecule is CCOCc1ccc(C(=O)N2CCC(c3cc4ncccc4[nH]3)CC2)cc1. The molecule has 0 radical (unpaired) electrons. The third kappa shape index (κ3) is 3.88. The molecule has 1 aromatic carbocycles. The summed E-state index contributed by atoms with van der Waals surface area (Å²) in [5.41, 5.74) is 5.18. The average Bonchev–Trinajstić information content (AvgIpc) is 3.16. The molecule has 5 nitrogen and oxygen atoms in total. The number of rotatable bonds is 5. The predicted octanol–water partition coefficient (Wildman–Crippen LogP) is 4.12. The molecule has 0 atom stereocenters. The molecule has 5 heteroatoms. The van der Waals surface area contributed by atoms with Gasteiger partial charge in [0.1, 0.15) is 0 Å². The Morgan fingerprint density at radius 3 is 2.70 bits per heavy atom. The number of amides is 1. The van der Waals surface area contributed by atoms with Crippen LogP contribution in [0.4, 0.5) is 0 Å². The van der Waals surface area contributed by atoms with Gasteiger partial charge in [-0.15, -0.1) is 0 Å². The molecule has 4 rings (SSSR count). The zero-order valence-corrected chi connectivity index (χ0v) is 15.6. The van der Waals surface area contributed by atoms with Crippen LogP contribution in [-0.2, 0) is 11.3 Å². The second kappa shape index (κ2) is 7.92. The van der Waals surface area contributed by atoms with Gasteiger partial charge in [-0.05, 0) is 55.7 Å². The zero-order chi connectivity index (χ0) is 18.6. The molecule has 0 spiro atoms. The number of fused-ring (bicyclic) bond motifs is 1. The highest BCUT2D eigenvalue weighted by Crippen LogP contribution is 2.29. The van der Waals surface area contributed by atoms with Crippen molar-refractivity contribution in [3.05, 3.63) is 65.5 Å². The Hall–Kier alpha value is -2.66. The third-order valence-corrected chi connectivity index (χ3v) is 5.31. The van der Waals surface area contributed by atoms with Gasteiger partial charge in [0, 0.05) is 43.1 Å². The Bertz CT molecular complexity index is 876. The first-order valence-electron chi connectivity index (χ1n) is 9.64. The average molecular weight is 363 g/mol. The molecule has 27 heavy (non-hydrogen) atoms. The minimum Gasteiger partial charge on any atom is -0.377 e. The largest absolute Gasteiger partial charge is 0.377 e. The Labute approximate surface area is 159 Å². The summed E-state index contributed by atoms with van der Waals surface area (Å²) in [5, 5.41) is 0. The number of aromatic nitrogens is 2. The summed E-state index contributed by atoms with van der Waals surface area (Å²) in [6, 6.07) is 13.9. The monoisotopic (exact) mass is 363 g/mol. The number of nitrogens with one attached hydrogen (secondary N) is 1. The molecule has 1 N–H and O–H groups in total. The quantitative estimate of drug-likeness (QED) is 0.742. The van der Waals surface area contributed by atoms with Crippen LogP contribution in [0, 0.1) is 0 Å². The second-order valence-corrected chi connectivity index (χ2v) is 7.06. The highest BCUT2D eigenvalue weighted by Gasteiger charge is 2.25. The van der Waals surface area contributed by atoms with E-state index in [4.69, 9.17) is 4.74 Å². The molecule has 2 aromatic heterocycles. The van der Waals surface area contributed by atoms with E-state index < -0.39 is 0 Å². The zero-order valence-electron chi connectivity index (χ0n) is 15.6. The molecule has 1 amide bonds. The van der Waals surface area contributed by atoms with Crippen molar-refractivity contribution in [3.63, 3.8) is 0 Å². The smallest absolute Gasteiger partial charge is 0.253 e. The number of carbonyl (C=O) groups is 1. The van der Waals surface area contributed by atoms with Gasteiger partial charge in [-0.2, -0.15) is 0 Å². The first-order chi connectivity index (χ1) is 13.2. The summed E-state index contributed by atoms with van der Waals surface area (Å²) in [6.07, 6.45) is 3.77. The summed E-state index contributed by atoms with van der Waals surface area (Å²) < 4.78 is 5.41. The summed E-state index contributed by atoms with van der Waals surface area (Å²) >= 11 is 0. The molecular formula is C22H25N3O2. The van der Waals surface area contributed by atoms with Crippen molar-refractivity contribution >= 4 is 16.9 Å². The van der Waals surface area contributed by atoms with Gasteiger partial charge < -0.3 is 14.6 Å². The normalized spacial score (nSPS) is 15.4. The fraction of sp³-hybridized carbons (Fsp3) is 0.364. The van der Waals surface area contributed by atoms with E-state index in [1.807, 2.05) is 48.4 Å². The Kier molecular flexibility index (Phi) is 5.21. The number of ether oxygens (including phenoxy) is 1. The maximum Gasteiger partial charge on any atom is 0.253 e. The lowest BCUT2D eigenvalue weighted by Gasteiger charge is -2.31. The predicted molar refractivity (Wildman–Crippen MR) is 106 cm³/mol. The number of pyridine rings is 1. The topological polar surface area (TPSA) is 58.2 Å². The lowest BCUT2D eigenvalue weighted by atomic mass is 9.93. The van der Waals surface area contributed by atoms with Crippen LogP contribution in [-0.4, -0.2) is 40.5 Å². The fourth-order valence-electron chi connectivity index (χ4n) is 3.74. The third-order valence-electron chi connectivity index (χ3n) is 5.31. The molecule has 0 bridgehead atoms. The fourth-order valence-corrected chi connectivity index (χ4v) is 3.74. The van der Waals surface area contributed by atoms with E-state index in [-0.39, 0.29) is 5.91 Å². The van der Waals surface area contributed by atoms with Crippen molar-refractivity contribution in [2.24, 2.45) is 0 Å². The van der Waals surface area contributed by atoms with E-state index in [0.29, 0.717) is 19.1 Å². The molecular weight excluding hydrogens is 338 g/mol. The van der Waals surface area contributed by atoms with E-state index in [9.17, 15) is 4.79 Å². The van der Waals surface area contributed by atoms with Gasteiger partial charge >= 0.3 is 0 Å². The summed E-state index contributed by atoms with van der Waals surface area (Å²) in [7, 11) is 0. The van der Waals surface area contributed by atoms with Gasteiger partial charge in [-0.25, -0.2) is 0 Å². The van der Waals surface area contributed by atoms with Gasteiger partial charge in [0.15, 0.2) is 0 Å². The van der Waals surface area contributed by atoms with Gasteiger partial charge in [0.2, 0.25) is 0 Å². The van der Waals surface area contributed by atoms with Crippen molar-refractivity contribution in [2.45, 2.75) is 32.3 Å². The summed E-state index contributed by atoms with van der Waals surface area (Å²) in [6.45, 7) is 4.84. The highest BCUT2D eigenvalue weighted by atomic mass is 16.5. The summed E-state index contributed by atoms with van der Waals surface area (Å²) in [4.78, 5) is 22.6. The first-order valence-corrected chi connectivity index (χ1v) is 9.64. The highest BCUT2D eigenvalue weighted by molar-refractivity contribution is 5.94. The van der Waals surface area contributed by atoms with E-state index in [0.717, 1.165) is 48.1 Å². The van der Waals surface area contributed by atoms with Crippen molar-refractivity contribution in [1.29, 1.82) is 0 Å². The van der Waals surface area contributed by atoms with E-state index in [1.165, 1.54) is 5.69 Å². The van der Waals surface area contributed by atoms with Crippen LogP contribution < -0.4 is 0 Å². The molecule has 1 aliphatic heterocycles. The van der Waals surface area contributed by atoms with Crippen molar-refractivity contribution < 1.29 is 9.53 Å². The molecule has 1 aliphatic rings. The van der Waals surface area contributed by atoms with Crippen molar-refractivity contribution in [1.82, 2.24) is 14.9 Å². The van der Waals surface area contributed by atoms with Crippen LogP contribution in [0.3, 0.4) is 0 Å². The molecule has 140 valence electrons. The number of hydrogen-bond acceptors (Lipinski definition) is 3. The molecule has 0 aliphatic carbocycles. The molecule has 3 aromatic rings. The van der Waals surface area contributed by atoms with Gasteiger partial charge in [-0.3, -0.25) is 9.78 Å². The Morgan fingerprint density at radius 1 is 1.22 bits per heavy atom. The minimum atomic E-state index is 0.120. The van der Waals surface area contributed by atoms with Crippen LogP contribution in [0.15, 0.2) is 48.7 Å². The maximum atomic E-state index is 12.8. The van der Waals surface area contributed by atoms with Crippen LogP contribution in [0.5, 0.6) is 0 Å². The molecule has 1 fully saturated rings. The van der Waals surface area contributed by atoms with Crippen LogP contribution >= 0.6 is 0 Å². The number of carbonyl (C=O) groups excluding carboxylic acids is 1. The van der Waals surface area contributed by atoms with Crippen molar-refractivity contribution in [2.75, 3.05) is 19.7 Å². The lowest BCUT2D eigenvalue weighted by Crippen LogP contribution is -2.38. The van der Waals surface area contributed by atoms with Crippen LogP contribution in [0.25, 0.3) is 11.0 Å². The minimum absolute atomic E-state index is 0.120. The molecule has 0 unspecified atom stereocenters. The van der Waals surface area contributed by atoms with Crippen LogP contribution in [0.1, 0.15) is 47.3 Å². The number of aromatic amines is 1. The van der Waals surface area contributed by atoms with Gasteiger partial charge in [-0.1, -0.05) is 12.1 Å². The lowest BCUT2D eigenvalue weighted by molar-refractivity contribution is 0.0712. The standard InChI is InChI=1S/C22H25N3O2/c1-2-27-15-16-5-7-18(8-6-16)22(26)25-12-9-17(10-13-25)20-14-21-19(24-20)4-3-11-23-21/h3-8,11,14,17,24H,2,9-10,12-13,15H2,1H3. The maximum absolute atomic E-state index is 12.8. The number of nitrogens with zero attached hydrogens (tertiary/aromatic N) is 2. The van der Waals surface area contributed by atoms with E-state index in [2.05, 4.69) is 22.1 Å². The second-order valence-electron chi connectivity index (χ2n) is 7.06. The van der Waals surface area contributed by atoms with Crippen LogP contribution in [0.2, 0.25) is 0 Å². The van der Waals surface area contributed by atoms with Gasteiger partial charge in [0.25, 0.3) is 5.91 Å². The van der Waals surface area contributed by atoms with E-state index in [1.54, 1.807) is 0 Å². The molecule has 1 saturated heterocycles. The van der Waals surface area contributed by atoms with Gasteiger partial charge in [0.05, 0.1) is 17.6 Å². The summed E-state index contributed by atoms with van der Waals surface area (Å²) in [5.74, 6) is 0.576. The molecule has 3 heterocycles. The number of hydrogen-bond donors (Lipinski definition) is 1. The number of likely N-dealkylation sites (tertiary alicyclic amines) is 1. The molecule has 0 saturated carbocycles. The number of piperidine rings is 1. The number of benzene rings is 1. The Morgan fingerprint density at radius 2 is 2.00 bits per heavy atom. The first kappa shape index (κ1) is 17.7. The van der Waals surface area contributed by atoms with Crippen molar-refractivity contribution in [3.8, 4) is 0 Å². The Balaban J connectivity index is 1.37. The van der Waals surface area contributed by atoms with E-state index >= 15 is 0 Å². The number of H-pyrrole nitrogens is 1.